The average Bonchev–Trinajstić information content (AvgIpc) is 2.58. The second-order valence-corrected chi connectivity index (χ2v) is 3.73. The maximum atomic E-state index is 5.91. The molecule has 0 amide bonds. The molecule has 0 saturated carbocycles. The first-order valence-electron chi connectivity index (χ1n) is 5.06. The summed E-state index contributed by atoms with van der Waals surface area (Å²) in [6, 6.07) is 5.98. The highest BCUT2D eigenvalue weighted by Crippen LogP contribution is 2.35. The predicted octanol–water partition coefficient (Wildman–Crippen LogP) is 1.99. The molecule has 0 bridgehead atoms. The molecule has 1 aromatic heterocycles. The smallest absolute Gasteiger partial charge is 0.131 e. The molecule has 84 valence electrons. The van der Waals surface area contributed by atoms with E-state index < -0.39 is 0 Å². The third-order valence-corrected chi connectivity index (χ3v) is 2.64. The Balaban J connectivity index is 2.69. The molecule has 2 aromatic rings. The Kier molecular flexibility index (Phi) is 2.56. The lowest BCUT2D eigenvalue weighted by molar-refractivity contribution is 0.413. The highest BCUT2D eigenvalue weighted by molar-refractivity contribution is 5.78. The molecule has 4 nitrogen and oxygen atoms in total. The number of nitrogens with two attached hydrogens (primary N) is 1. The Hall–Kier alpha value is -1.97. The van der Waals surface area contributed by atoms with Crippen LogP contribution in [0.3, 0.4) is 0 Å². The van der Waals surface area contributed by atoms with E-state index in [9.17, 15) is 0 Å². The number of ether oxygens (including phenoxy) is 1. The fraction of sp³-hybridized carbons (Fsp3) is 0.250. The lowest BCUT2D eigenvalue weighted by Gasteiger charge is -2.12. The van der Waals surface area contributed by atoms with E-state index in [-0.39, 0.29) is 0 Å². The summed E-state index contributed by atoms with van der Waals surface area (Å²) in [5.41, 5.74) is 9.51. The zero-order valence-electron chi connectivity index (χ0n) is 9.69. The number of benzene rings is 1. The molecule has 0 saturated heterocycles. The van der Waals surface area contributed by atoms with Gasteiger partial charge in [-0.25, -0.2) is 0 Å². The molecule has 0 aliphatic heterocycles. The maximum Gasteiger partial charge on any atom is 0.131 e. The Morgan fingerprint density at radius 2 is 2.12 bits per heavy atom. The Morgan fingerprint density at radius 1 is 1.38 bits per heavy atom. The summed E-state index contributed by atoms with van der Waals surface area (Å²) < 4.78 is 7.17. The minimum atomic E-state index is 0.659. The summed E-state index contributed by atoms with van der Waals surface area (Å²) in [6.45, 7) is 2.01. The molecule has 0 aliphatic rings. The van der Waals surface area contributed by atoms with E-state index in [1.54, 1.807) is 18.0 Å². The van der Waals surface area contributed by atoms with E-state index in [1.165, 1.54) is 0 Å². The molecule has 0 unspecified atom stereocenters. The lowest BCUT2D eigenvalue weighted by atomic mass is 10.1. The van der Waals surface area contributed by atoms with Gasteiger partial charge in [0.1, 0.15) is 5.75 Å². The fourth-order valence-corrected chi connectivity index (χ4v) is 1.89. The van der Waals surface area contributed by atoms with Crippen molar-refractivity contribution in [2.45, 2.75) is 6.92 Å². The normalized spacial score (nSPS) is 10.4. The quantitative estimate of drug-likeness (QED) is 0.836. The van der Waals surface area contributed by atoms with Crippen LogP contribution in [0, 0.1) is 6.92 Å². The molecular weight excluding hydrogens is 202 g/mol. The minimum absolute atomic E-state index is 0.659. The highest BCUT2D eigenvalue weighted by atomic mass is 16.5. The lowest BCUT2D eigenvalue weighted by Crippen LogP contribution is -1.99. The molecule has 0 radical (unpaired) electrons. The molecule has 1 aromatic carbocycles. The van der Waals surface area contributed by atoms with E-state index in [0.29, 0.717) is 5.69 Å². The van der Waals surface area contributed by atoms with Crippen LogP contribution in [0.15, 0.2) is 24.4 Å². The van der Waals surface area contributed by atoms with Gasteiger partial charge < -0.3 is 10.5 Å². The zero-order chi connectivity index (χ0) is 11.7. The van der Waals surface area contributed by atoms with Crippen LogP contribution in [-0.2, 0) is 7.05 Å². The SMILES string of the molecule is COc1c(C)cccc1-c1c(N)cnn1C. The summed E-state index contributed by atoms with van der Waals surface area (Å²) >= 11 is 0. The van der Waals surface area contributed by atoms with Crippen molar-refractivity contribution in [1.29, 1.82) is 0 Å². The molecule has 16 heavy (non-hydrogen) atoms. The van der Waals surface area contributed by atoms with Crippen LogP contribution in [-0.4, -0.2) is 16.9 Å². The summed E-state index contributed by atoms with van der Waals surface area (Å²) in [5, 5.41) is 4.13. The highest BCUT2D eigenvalue weighted by Gasteiger charge is 2.14. The molecule has 0 aliphatic carbocycles. The maximum absolute atomic E-state index is 5.91. The molecule has 0 atom stereocenters. The van der Waals surface area contributed by atoms with Gasteiger partial charge in [-0.2, -0.15) is 5.10 Å². The number of para-hydroxylation sites is 1. The van der Waals surface area contributed by atoms with Crippen LogP contribution in [0.1, 0.15) is 5.56 Å². The van der Waals surface area contributed by atoms with E-state index in [2.05, 4.69) is 5.10 Å². The molecular formula is C12H15N3O. The summed E-state index contributed by atoms with van der Waals surface area (Å²) in [6.07, 6.45) is 1.65. The monoisotopic (exact) mass is 217 g/mol. The van der Waals surface area contributed by atoms with Crippen LogP contribution >= 0.6 is 0 Å². The van der Waals surface area contributed by atoms with E-state index in [4.69, 9.17) is 10.5 Å². The van der Waals surface area contributed by atoms with Crippen molar-refractivity contribution in [3.05, 3.63) is 30.0 Å². The van der Waals surface area contributed by atoms with E-state index in [1.807, 2.05) is 32.2 Å². The van der Waals surface area contributed by atoms with Gasteiger partial charge in [0.2, 0.25) is 0 Å². The van der Waals surface area contributed by atoms with Gasteiger partial charge in [0.25, 0.3) is 0 Å². The Bertz CT molecular complexity index is 497. The van der Waals surface area contributed by atoms with Crippen molar-refractivity contribution < 1.29 is 4.74 Å². The van der Waals surface area contributed by atoms with E-state index >= 15 is 0 Å². The van der Waals surface area contributed by atoms with Crippen molar-refractivity contribution >= 4 is 5.69 Å². The number of aryl methyl sites for hydroxylation is 2. The van der Waals surface area contributed by atoms with Crippen LogP contribution in [0.5, 0.6) is 5.75 Å². The van der Waals surface area contributed by atoms with Crippen molar-refractivity contribution in [1.82, 2.24) is 9.78 Å². The Labute approximate surface area is 94.6 Å². The van der Waals surface area contributed by atoms with Gasteiger partial charge in [-0.15, -0.1) is 0 Å². The third-order valence-electron chi connectivity index (χ3n) is 2.64. The summed E-state index contributed by atoms with van der Waals surface area (Å²) in [5.74, 6) is 0.845. The molecule has 1 heterocycles. The number of aromatic nitrogens is 2. The van der Waals surface area contributed by atoms with Gasteiger partial charge in [0.15, 0.2) is 0 Å². The van der Waals surface area contributed by atoms with Crippen LogP contribution in [0.4, 0.5) is 5.69 Å². The van der Waals surface area contributed by atoms with Gasteiger partial charge in [-0.1, -0.05) is 12.1 Å². The molecule has 0 spiro atoms. The number of anilines is 1. The number of nitrogens with zero attached hydrogens (tertiary/aromatic N) is 2. The van der Waals surface area contributed by atoms with Crippen LogP contribution in [0.2, 0.25) is 0 Å². The number of nitrogen functional groups attached to an aromatic ring is 1. The third kappa shape index (κ3) is 1.52. The minimum Gasteiger partial charge on any atom is -0.496 e. The van der Waals surface area contributed by atoms with Crippen molar-refractivity contribution in [3.63, 3.8) is 0 Å². The number of hydrogen-bond donors (Lipinski definition) is 1. The molecule has 2 rings (SSSR count). The van der Waals surface area contributed by atoms with Gasteiger partial charge in [0, 0.05) is 12.6 Å². The Morgan fingerprint density at radius 3 is 2.69 bits per heavy atom. The first-order chi connectivity index (χ1) is 7.65. The van der Waals surface area contributed by atoms with Crippen LogP contribution < -0.4 is 10.5 Å². The van der Waals surface area contributed by atoms with Gasteiger partial charge in [-0.3, -0.25) is 4.68 Å². The molecule has 0 fully saturated rings. The average molecular weight is 217 g/mol. The molecule has 2 N–H and O–H groups in total. The van der Waals surface area contributed by atoms with Crippen molar-refractivity contribution in [2.24, 2.45) is 7.05 Å². The second kappa shape index (κ2) is 3.89. The van der Waals surface area contributed by atoms with Gasteiger partial charge in [-0.05, 0) is 18.6 Å². The summed E-state index contributed by atoms with van der Waals surface area (Å²) in [7, 11) is 3.53. The standard InChI is InChI=1S/C12H15N3O/c1-8-5-4-6-9(12(8)16-3)11-10(13)7-14-15(11)2/h4-7H,13H2,1-3H3. The van der Waals surface area contributed by atoms with Crippen molar-refractivity contribution in [3.8, 4) is 17.0 Å². The van der Waals surface area contributed by atoms with Gasteiger partial charge in [0.05, 0.1) is 24.7 Å². The predicted molar refractivity (Wildman–Crippen MR) is 64.3 cm³/mol. The summed E-state index contributed by atoms with van der Waals surface area (Å²) in [4.78, 5) is 0. The first-order valence-corrected chi connectivity index (χ1v) is 5.06. The number of methoxy groups -OCH3 is 1. The number of hydrogen-bond acceptors (Lipinski definition) is 3. The largest absolute Gasteiger partial charge is 0.496 e. The second-order valence-electron chi connectivity index (χ2n) is 3.73. The van der Waals surface area contributed by atoms with Crippen molar-refractivity contribution in [2.75, 3.05) is 12.8 Å². The number of rotatable bonds is 2. The molecule has 4 heteroatoms. The van der Waals surface area contributed by atoms with Gasteiger partial charge >= 0.3 is 0 Å². The topological polar surface area (TPSA) is 53.1 Å². The first kappa shape index (κ1) is 10.5. The zero-order valence-corrected chi connectivity index (χ0v) is 9.69. The van der Waals surface area contributed by atoms with Crippen LogP contribution in [0.25, 0.3) is 11.3 Å². The van der Waals surface area contributed by atoms with E-state index in [0.717, 1.165) is 22.6 Å². The fourth-order valence-electron chi connectivity index (χ4n) is 1.89.